The summed E-state index contributed by atoms with van der Waals surface area (Å²) in [4.78, 5) is 15.3. The zero-order valence-electron chi connectivity index (χ0n) is 12.4. The summed E-state index contributed by atoms with van der Waals surface area (Å²) in [6.45, 7) is 5.55. The molecule has 0 fully saturated rings. The maximum absolute atomic E-state index is 12.2. The fourth-order valence-electron chi connectivity index (χ4n) is 1.67. The van der Waals surface area contributed by atoms with Crippen LogP contribution in [0, 0.1) is 13.8 Å². The van der Waals surface area contributed by atoms with Crippen LogP contribution in [0.15, 0.2) is 33.8 Å². The van der Waals surface area contributed by atoms with Gasteiger partial charge in [0.15, 0.2) is 5.69 Å². The maximum atomic E-state index is 12.2. The summed E-state index contributed by atoms with van der Waals surface area (Å²) in [7, 11) is -3.84. The number of hydrogen-bond donors (Lipinski definition) is 1. The average Bonchev–Trinajstić information content (AvgIpc) is 2.90. The van der Waals surface area contributed by atoms with E-state index in [0.29, 0.717) is 0 Å². The van der Waals surface area contributed by atoms with Gasteiger partial charge in [0.05, 0.1) is 11.5 Å². The second kappa shape index (κ2) is 6.18. The summed E-state index contributed by atoms with van der Waals surface area (Å²) >= 11 is 0. The molecule has 1 heterocycles. The van der Waals surface area contributed by atoms with Gasteiger partial charge in [-0.1, -0.05) is 6.07 Å². The Hall–Kier alpha value is -2.35. The van der Waals surface area contributed by atoms with Gasteiger partial charge in [-0.2, -0.15) is 4.98 Å². The van der Waals surface area contributed by atoms with Crippen LogP contribution in [0.4, 0.5) is 6.01 Å². The highest BCUT2D eigenvalue weighted by atomic mass is 32.2. The van der Waals surface area contributed by atoms with E-state index < -0.39 is 16.0 Å². The minimum atomic E-state index is -3.84. The molecule has 2 rings (SSSR count). The van der Waals surface area contributed by atoms with Crippen LogP contribution in [0.2, 0.25) is 0 Å². The van der Waals surface area contributed by atoms with Gasteiger partial charge in [0.1, 0.15) is 6.26 Å². The summed E-state index contributed by atoms with van der Waals surface area (Å²) in [5, 5.41) is 0. The second-order valence-electron chi connectivity index (χ2n) is 4.61. The molecule has 8 heteroatoms. The van der Waals surface area contributed by atoms with Crippen molar-refractivity contribution in [2.75, 3.05) is 11.3 Å². The van der Waals surface area contributed by atoms with Gasteiger partial charge < -0.3 is 9.15 Å². The molecule has 0 aliphatic rings. The number of rotatable bonds is 5. The second-order valence-corrected chi connectivity index (χ2v) is 6.29. The molecule has 0 aliphatic heterocycles. The van der Waals surface area contributed by atoms with E-state index in [1.807, 2.05) is 13.8 Å². The van der Waals surface area contributed by atoms with Gasteiger partial charge in [-0.05, 0) is 44.0 Å². The van der Waals surface area contributed by atoms with Crippen molar-refractivity contribution in [2.24, 2.45) is 0 Å². The normalized spacial score (nSPS) is 11.2. The van der Waals surface area contributed by atoms with Gasteiger partial charge in [-0.15, -0.1) is 0 Å². The lowest BCUT2D eigenvalue weighted by Gasteiger charge is -2.06. The first-order chi connectivity index (χ1) is 10.3. The first-order valence-corrected chi connectivity index (χ1v) is 8.04. The number of nitrogens with one attached hydrogen (secondary N) is 1. The molecule has 1 N–H and O–H groups in total. The Balaban J connectivity index is 2.22. The van der Waals surface area contributed by atoms with Crippen molar-refractivity contribution in [1.82, 2.24) is 4.98 Å². The molecule has 0 saturated heterocycles. The quantitative estimate of drug-likeness (QED) is 0.847. The molecule has 22 heavy (non-hydrogen) atoms. The molecular formula is C14H16N2O5S. The third-order valence-corrected chi connectivity index (χ3v) is 4.32. The lowest BCUT2D eigenvalue weighted by atomic mass is 10.1. The Morgan fingerprint density at radius 2 is 2.05 bits per heavy atom. The number of esters is 1. The molecule has 0 bridgehead atoms. The first-order valence-electron chi connectivity index (χ1n) is 6.56. The number of nitrogens with zero attached hydrogens (tertiary/aromatic N) is 1. The van der Waals surface area contributed by atoms with E-state index in [9.17, 15) is 13.2 Å². The molecule has 2 aromatic rings. The van der Waals surface area contributed by atoms with Crippen molar-refractivity contribution in [3.8, 4) is 0 Å². The minimum Gasteiger partial charge on any atom is -0.461 e. The highest BCUT2D eigenvalue weighted by Crippen LogP contribution is 2.18. The van der Waals surface area contributed by atoms with Crippen molar-refractivity contribution in [3.05, 3.63) is 41.3 Å². The van der Waals surface area contributed by atoms with Crippen molar-refractivity contribution in [2.45, 2.75) is 25.7 Å². The van der Waals surface area contributed by atoms with E-state index >= 15 is 0 Å². The molecule has 0 atom stereocenters. The Morgan fingerprint density at radius 3 is 2.68 bits per heavy atom. The lowest BCUT2D eigenvalue weighted by molar-refractivity contribution is 0.0519. The highest BCUT2D eigenvalue weighted by molar-refractivity contribution is 7.92. The van der Waals surface area contributed by atoms with Gasteiger partial charge >= 0.3 is 12.0 Å². The number of carbonyl (C=O) groups is 1. The molecule has 0 amide bonds. The summed E-state index contributed by atoms with van der Waals surface area (Å²) in [5.74, 6) is -0.678. The molecule has 0 aliphatic carbocycles. The fraction of sp³-hybridized carbons (Fsp3) is 0.286. The molecule has 118 valence electrons. The number of oxazole rings is 1. The summed E-state index contributed by atoms with van der Waals surface area (Å²) in [5.41, 5.74) is 1.74. The molecule has 7 nitrogen and oxygen atoms in total. The summed E-state index contributed by atoms with van der Waals surface area (Å²) in [6.07, 6.45) is 1.04. The predicted octanol–water partition coefficient (Wildman–Crippen LogP) is 2.27. The van der Waals surface area contributed by atoms with Crippen molar-refractivity contribution in [3.63, 3.8) is 0 Å². The zero-order valence-corrected chi connectivity index (χ0v) is 13.2. The Morgan fingerprint density at radius 1 is 1.32 bits per heavy atom. The zero-order chi connectivity index (χ0) is 16.3. The largest absolute Gasteiger partial charge is 0.461 e. The number of aromatic nitrogens is 1. The molecule has 0 radical (unpaired) electrons. The number of benzene rings is 1. The number of hydrogen-bond acceptors (Lipinski definition) is 6. The van der Waals surface area contributed by atoms with Crippen molar-refractivity contribution in [1.29, 1.82) is 0 Å². The SMILES string of the molecule is CCOC(=O)c1coc(NS(=O)(=O)c2ccc(C)c(C)c2)n1. The molecule has 1 aromatic carbocycles. The average molecular weight is 324 g/mol. The van der Waals surface area contributed by atoms with Crippen LogP contribution >= 0.6 is 0 Å². The van der Waals surface area contributed by atoms with Gasteiger partial charge in [0.2, 0.25) is 0 Å². The predicted molar refractivity (Wildman–Crippen MR) is 79.2 cm³/mol. The van der Waals surface area contributed by atoms with Crippen LogP contribution in [-0.2, 0) is 14.8 Å². The monoisotopic (exact) mass is 324 g/mol. The van der Waals surface area contributed by atoms with Crippen molar-refractivity contribution < 1.29 is 22.4 Å². The van der Waals surface area contributed by atoms with Crippen molar-refractivity contribution >= 4 is 22.0 Å². The number of anilines is 1. The smallest absolute Gasteiger partial charge is 0.360 e. The van der Waals surface area contributed by atoms with Crippen LogP contribution in [0.3, 0.4) is 0 Å². The third kappa shape index (κ3) is 3.45. The van der Waals surface area contributed by atoms with E-state index in [0.717, 1.165) is 17.4 Å². The topological polar surface area (TPSA) is 98.5 Å². The lowest BCUT2D eigenvalue weighted by Crippen LogP contribution is -2.14. The fourth-order valence-corrected chi connectivity index (χ4v) is 2.69. The molecule has 0 spiro atoms. The third-order valence-electron chi connectivity index (χ3n) is 3.00. The van der Waals surface area contributed by atoms with E-state index in [1.165, 1.54) is 6.07 Å². The van der Waals surface area contributed by atoms with Gasteiger partial charge in [0.25, 0.3) is 10.0 Å². The molecular weight excluding hydrogens is 308 g/mol. The summed E-state index contributed by atoms with van der Waals surface area (Å²) < 4.78 is 36.4. The Kier molecular flexibility index (Phi) is 4.51. The van der Waals surface area contributed by atoms with Crippen LogP contribution in [-0.4, -0.2) is 26.0 Å². The number of aryl methyl sites for hydroxylation is 2. The van der Waals surface area contributed by atoms with Gasteiger partial charge in [-0.25, -0.2) is 17.9 Å². The maximum Gasteiger partial charge on any atom is 0.360 e. The Bertz CT molecular complexity index is 795. The van der Waals surface area contributed by atoms with Gasteiger partial charge in [0, 0.05) is 0 Å². The molecule has 1 aromatic heterocycles. The number of sulfonamides is 1. The number of carbonyl (C=O) groups excluding carboxylic acids is 1. The summed E-state index contributed by atoms with van der Waals surface area (Å²) in [6, 6.07) is 4.46. The highest BCUT2D eigenvalue weighted by Gasteiger charge is 2.20. The van der Waals surface area contributed by atoms with Crippen LogP contribution in [0.1, 0.15) is 28.5 Å². The molecule has 0 saturated carbocycles. The van der Waals surface area contributed by atoms with Crippen LogP contribution in [0.5, 0.6) is 0 Å². The Labute approximate surface area is 128 Å². The van der Waals surface area contributed by atoms with E-state index in [-0.39, 0.29) is 23.2 Å². The number of ether oxygens (including phenoxy) is 1. The van der Waals surface area contributed by atoms with Crippen LogP contribution in [0.25, 0.3) is 0 Å². The first kappa shape index (κ1) is 16.0. The van der Waals surface area contributed by atoms with E-state index in [4.69, 9.17) is 9.15 Å². The minimum absolute atomic E-state index is 0.0893. The standard InChI is InChI=1S/C14H16N2O5S/c1-4-20-13(17)12-8-21-14(15-12)16-22(18,19)11-6-5-9(2)10(3)7-11/h5-8H,4H2,1-3H3,(H,15,16). The molecule has 0 unspecified atom stereocenters. The van der Waals surface area contributed by atoms with E-state index in [2.05, 4.69) is 9.71 Å². The van der Waals surface area contributed by atoms with Gasteiger partial charge in [-0.3, -0.25) is 0 Å². The van der Waals surface area contributed by atoms with E-state index in [1.54, 1.807) is 19.1 Å². The van der Waals surface area contributed by atoms with Crippen LogP contribution < -0.4 is 4.72 Å².